The molecular formula is C22H18N4O5. The fourth-order valence-corrected chi connectivity index (χ4v) is 2.48. The molecule has 31 heavy (non-hydrogen) atoms. The van der Waals surface area contributed by atoms with Gasteiger partial charge in [-0.15, -0.1) is 0 Å². The van der Waals surface area contributed by atoms with Crippen LogP contribution in [0.2, 0.25) is 0 Å². The first-order valence-corrected chi connectivity index (χ1v) is 9.17. The molecule has 0 spiro atoms. The standard InChI is InChI=1S/C22H18N4O5/c27-21(24-18-8-10-19(11-9-18)26(29)30)15-31-20-12-6-16(7-13-20)14-23-25-22(28)17-4-2-1-3-5-17/h1-14H,15H2,(H,24,27)(H,25,28)/b23-14-. The fourth-order valence-electron chi connectivity index (χ4n) is 2.48. The molecule has 0 bridgehead atoms. The van der Waals surface area contributed by atoms with Crippen LogP contribution >= 0.6 is 0 Å². The number of nitro groups is 1. The number of benzene rings is 3. The van der Waals surface area contributed by atoms with Crippen LogP contribution in [-0.4, -0.2) is 29.6 Å². The number of rotatable bonds is 8. The number of nitrogens with zero attached hydrogens (tertiary/aromatic N) is 2. The van der Waals surface area contributed by atoms with Gasteiger partial charge in [-0.1, -0.05) is 18.2 Å². The van der Waals surface area contributed by atoms with Crippen molar-refractivity contribution in [3.63, 3.8) is 0 Å². The monoisotopic (exact) mass is 418 g/mol. The molecule has 0 saturated heterocycles. The van der Waals surface area contributed by atoms with Crippen LogP contribution in [0, 0.1) is 10.1 Å². The maximum absolute atomic E-state index is 12.0. The Bertz CT molecular complexity index is 1080. The van der Waals surface area contributed by atoms with Crippen molar-refractivity contribution >= 4 is 29.4 Å². The SMILES string of the molecule is O=C(COc1ccc(/C=N\NC(=O)c2ccccc2)cc1)Nc1ccc([N+](=O)[O-])cc1. The van der Waals surface area contributed by atoms with Crippen LogP contribution in [0.5, 0.6) is 5.75 Å². The Kier molecular flexibility index (Phi) is 7.04. The molecule has 9 nitrogen and oxygen atoms in total. The van der Waals surface area contributed by atoms with Gasteiger partial charge in [0.15, 0.2) is 6.61 Å². The predicted octanol–water partition coefficient (Wildman–Crippen LogP) is 3.38. The van der Waals surface area contributed by atoms with Gasteiger partial charge in [-0.25, -0.2) is 5.43 Å². The molecule has 3 rings (SSSR count). The van der Waals surface area contributed by atoms with Gasteiger partial charge < -0.3 is 10.1 Å². The Labute approximate surface area is 177 Å². The molecule has 0 radical (unpaired) electrons. The molecule has 0 aliphatic rings. The maximum Gasteiger partial charge on any atom is 0.271 e. The van der Waals surface area contributed by atoms with E-state index in [0.29, 0.717) is 17.0 Å². The molecule has 2 N–H and O–H groups in total. The average molecular weight is 418 g/mol. The first-order chi connectivity index (χ1) is 15.0. The zero-order valence-corrected chi connectivity index (χ0v) is 16.2. The minimum Gasteiger partial charge on any atom is -0.484 e. The van der Waals surface area contributed by atoms with Crippen molar-refractivity contribution < 1.29 is 19.2 Å². The molecule has 0 atom stereocenters. The van der Waals surface area contributed by atoms with Crippen molar-refractivity contribution in [2.45, 2.75) is 0 Å². The third kappa shape index (κ3) is 6.50. The number of carbonyl (C=O) groups is 2. The van der Waals surface area contributed by atoms with E-state index in [1.807, 2.05) is 6.07 Å². The first kappa shape index (κ1) is 21.2. The highest BCUT2D eigenvalue weighted by Crippen LogP contribution is 2.16. The number of amides is 2. The molecular weight excluding hydrogens is 400 g/mol. The van der Waals surface area contributed by atoms with E-state index < -0.39 is 10.8 Å². The van der Waals surface area contributed by atoms with Crippen LogP contribution in [0.25, 0.3) is 0 Å². The molecule has 0 aromatic heterocycles. The second-order valence-corrected chi connectivity index (χ2v) is 6.28. The van der Waals surface area contributed by atoms with E-state index in [4.69, 9.17) is 4.74 Å². The van der Waals surface area contributed by atoms with Gasteiger partial charge in [0.25, 0.3) is 17.5 Å². The number of nitrogens with one attached hydrogen (secondary N) is 2. The summed E-state index contributed by atoms with van der Waals surface area (Å²) < 4.78 is 5.42. The van der Waals surface area contributed by atoms with Crippen molar-refractivity contribution in [2.24, 2.45) is 5.10 Å². The van der Waals surface area contributed by atoms with Crippen molar-refractivity contribution in [1.29, 1.82) is 0 Å². The van der Waals surface area contributed by atoms with Gasteiger partial charge in [0.1, 0.15) is 5.75 Å². The lowest BCUT2D eigenvalue weighted by Gasteiger charge is -2.07. The Morgan fingerprint density at radius 1 is 0.968 bits per heavy atom. The van der Waals surface area contributed by atoms with Gasteiger partial charge in [0.2, 0.25) is 0 Å². The van der Waals surface area contributed by atoms with Crippen LogP contribution in [0.1, 0.15) is 15.9 Å². The molecule has 0 unspecified atom stereocenters. The van der Waals surface area contributed by atoms with Crippen LogP contribution in [-0.2, 0) is 4.79 Å². The van der Waals surface area contributed by atoms with Crippen molar-refractivity contribution in [3.05, 3.63) is 100 Å². The minimum atomic E-state index is -0.514. The van der Waals surface area contributed by atoms with Crippen LogP contribution in [0.15, 0.2) is 84.0 Å². The van der Waals surface area contributed by atoms with Gasteiger partial charge in [-0.2, -0.15) is 5.10 Å². The summed E-state index contributed by atoms with van der Waals surface area (Å²) in [6.45, 7) is -0.225. The Morgan fingerprint density at radius 3 is 2.29 bits per heavy atom. The third-order valence-corrected chi connectivity index (χ3v) is 4.03. The predicted molar refractivity (Wildman–Crippen MR) is 115 cm³/mol. The van der Waals surface area contributed by atoms with Gasteiger partial charge >= 0.3 is 0 Å². The van der Waals surface area contributed by atoms with Crippen LogP contribution in [0.4, 0.5) is 11.4 Å². The molecule has 0 aliphatic heterocycles. The van der Waals surface area contributed by atoms with Crippen molar-refractivity contribution in [3.8, 4) is 5.75 Å². The van der Waals surface area contributed by atoms with Crippen LogP contribution in [0.3, 0.4) is 0 Å². The quantitative estimate of drug-likeness (QED) is 0.330. The first-order valence-electron chi connectivity index (χ1n) is 9.17. The summed E-state index contributed by atoms with van der Waals surface area (Å²) in [5.41, 5.74) is 4.06. The molecule has 0 saturated carbocycles. The summed E-state index contributed by atoms with van der Waals surface area (Å²) in [5, 5.41) is 17.1. The lowest BCUT2D eigenvalue weighted by atomic mass is 10.2. The van der Waals surface area contributed by atoms with Gasteiger partial charge in [0, 0.05) is 23.4 Å². The minimum absolute atomic E-state index is 0.0579. The molecule has 3 aromatic carbocycles. The number of nitro benzene ring substituents is 1. The van der Waals surface area contributed by atoms with E-state index in [1.54, 1.807) is 48.5 Å². The summed E-state index contributed by atoms with van der Waals surface area (Å²) in [6.07, 6.45) is 1.49. The second kappa shape index (κ2) is 10.3. The molecule has 156 valence electrons. The number of ether oxygens (including phenoxy) is 1. The van der Waals surface area contributed by atoms with E-state index in [1.165, 1.54) is 30.5 Å². The lowest BCUT2D eigenvalue weighted by molar-refractivity contribution is -0.384. The normalized spacial score (nSPS) is 10.5. The number of anilines is 1. The van der Waals surface area contributed by atoms with Crippen LogP contribution < -0.4 is 15.5 Å². The van der Waals surface area contributed by atoms with E-state index in [-0.39, 0.29) is 18.2 Å². The lowest BCUT2D eigenvalue weighted by Crippen LogP contribution is -2.20. The van der Waals surface area contributed by atoms with Crippen molar-refractivity contribution in [2.75, 3.05) is 11.9 Å². The number of carbonyl (C=O) groups excluding carboxylic acids is 2. The summed E-state index contributed by atoms with van der Waals surface area (Å²) in [6, 6.07) is 21.0. The smallest absolute Gasteiger partial charge is 0.271 e. The van der Waals surface area contributed by atoms with E-state index in [2.05, 4.69) is 15.8 Å². The maximum atomic E-state index is 12.0. The number of hydrogen-bond donors (Lipinski definition) is 2. The highest BCUT2D eigenvalue weighted by atomic mass is 16.6. The molecule has 0 heterocycles. The summed E-state index contributed by atoms with van der Waals surface area (Å²) in [5.74, 6) is -0.233. The highest BCUT2D eigenvalue weighted by Gasteiger charge is 2.07. The summed E-state index contributed by atoms with van der Waals surface area (Å²) >= 11 is 0. The zero-order chi connectivity index (χ0) is 22.1. The van der Waals surface area contributed by atoms with Gasteiger partial charge in [0.05, 0.1) is 11.1 Å². The van der Waals surface area contributed by atoms with Gasteiger partial charge in [-0.05, 0) is 54.1 Å². The fraction of sp³-hybridized carbons (Fsp3) is 0.0455. The zero-order valence-electron chi connectivity index (χ0n) is 16.2. The highest BCUT2D eigenvalue weighted by molar-refractivity contribution is 5.94. The molecule has 0 aliphatic carbocycles. The molecule has 0 fully saturated rings. The molecule has 9 heteroatoms. The number of non-ortho nitro benzene ring substituents is 1. The topological polar surface area (TPSA) is 123 Å². The summed E-state index contributed by atoms with van der Waals surface area (Å²) in [7, 11) is 0. The average Bonchev–Trinajstić information content (AvgIpc) is 2.79. The number of hydrazone groups is 1. The Hall–Kier alpha value is -4.53. The van der Waals surface area contributed by atoms with Gasteiger partial charge in [-0.3, -0.25) is 19.7 Å². The van der Waals surface area contributed by atoms with E-state index in [0.717, 1.165) is 5.56 Å². The third-order valence-electron chi connectivity index (χ3n) is 4.03. The van der Waals surface area contributed by atoms with Crippen molar-refractivity contribution in [1.82, 2.24) is 5.43 Å². The Morgan fingerprint density at radius 2 is 1.65 bits per heavy atom. The number of hydrogen-bond acceptors (Lipinski definition) is 6. The second-order valence-electron chi connectivity index (χ2n) is 6.28. The molecule has 2 amide bonds. The Balaban J connectivity index is 1.45. The molecule has 3 aromatic rings. The summed E-state index contributed by atoms with van der Waals surface area (Å²) in [4.78, 5) is 34.0. The van der Waals surface area contributed by atoms with E-state index >= 15 is 0 Å². The van der Waals surface area contributed by atoms with E-state index in [9.17, 15) is 19.7 Å². The largest absolute Gasteiger partial charge is 0.484 e.